The lowest BCUT2D eigenvalue weighted by atomic mass is 10.0. The lowest BCUT2D eigenvalue weighted by molar-refractivity contribution is 0.197. The number of halogens is 1. The summed E-state index contributed by atoms with van der Waals surface area (Å²) in [6.45, 7) is 4.04. The standard InChI is InChI=1S/C26H23FN6O/c1-17-8-10-19(11-9-17)22-15-32(26(34)29-18(2)23-13-12-21(27)14-28-23)16-33-25(22)30-24(31-33)20-6-4-3-5-7-20/h3-15,18H,16H2,1-2H3,(H,29,34). The van der Waals surface area contributed by atoms with Crippen LogP contribution in [-0.4, -0.2) is 30.7 Å². The number of nitrogens with zero attached hydrogens (tertiary/aromatic N) is 5. The molecular weight excluding hydrogens is 431 g/mol. The Morgan fingerprint density at radius 2 is 1.79 bits per heavy atom. The van der Waals surface area contributed by atoms with Gasteiger partial charge in [-0.15, -0.1) is 5.10 Å². The number of fused-ring (bicyclic) bond motifs is 1. The van der Waals surface area contributed by atoms with E-state index in [4.69, 9.17) is 4.98 Å². The van der Waals surface area contributed by atoms with Gasteiger partial charge in [0.2, 0.25) is 0 Å². The van der Waals surface area contributed by atoms with Crippen molar-refractivity contribution in [1.29, 1.82) is 0 Å². The molecule has 0 aliphatic carbocycles. The number of aromatic nitrogens is 4. The topological polar surface area (TPSA) is 75.9 Å². The monoisotopic (exact) mass is 454 g/mol. The fourth-order valence-electron chi connectivity index (χ4n) is 3.79. The summed E-state index contributed by atoms with van der Waals surface area (Å²) in [6, 6.07) is 20.0. The maximum absolute atomic E-state index is 13.2. The first-order valence-electron chi connectivity index (χ1n) is 11.0. The molecule has 2 amide bonds. The number of rotatable bonds is 4. The Morgan fingerprint density at radius 3 is 2.50 bits per heavy atom. The summed E-state index contributed by atoms with van der Waals surface area (Å²) in [5.41, 5.74) is 4.34. The van der Waals surface area contributed by atoms with E-state index in [1.54, 1.807) is 28.8 Å². The van der Waals surface area contributed by atoms with Gasteiger partial charge >= 0.3 is 6.03 Å². The molecule has 4 aromatic rings. The van der Waals surface area contributed by atoms with E-state index in [2.05, 4.69) is 15.4 Å². The summed E-state index contributed by atoms with van der Waals surface area (Å²) in [6.07, 6.45) is 2.94. The first-order chi connectivity index (χ1) is 16.5. The largest absolute Gasteiger partial charge is 0.330 e. The number of hydrogen-bond donors (Lipinski definition) is 1. The van der Waals surface area contributed by atoms with Crippen LogP contribution in [0.25, 0.3) is 17.0 Å². The van der Waals surface area contributed by atoms with Gasteiger partial charge in [-0.05, 0) is 31.5 Å². The second kappa shape index (κ2) is 8.90. The Hall–Kier alpha value is -4.33. The van der Waals surface area contributed by atoms with Gasteiger partial charge in [0.1, 0.15) is 12.5 Å². The SMILES string of the molecule is Cc1ccc(C2=CN(C(=O)NC(C)c3ccc(F)cn3)Cn3nc(-c4ccccc4)nc32)cc1. The number of carbonyl (C=O) groups excluding carboxylic acids is 1. The van der Waals surface area contributed by atoms with Gasteiger partial charge in [-0.2, -0.15) is 0 Å². The molecule has 8 heteroatoms. The first-order valence-corrected chi connectivity index (χ1v) is 11.0. The highest BCUT2D eigenvalue weighted by molar-refractivity contribution is 5.83. The third-order valence-electron chi connectivity index (χ3n) is 5.67. The molecule has 0 bridgehead atoms. The fraction of sp³-hybridized carbons (Fsp3) is 0.154. The Bertz CT molecular complexity index is 1350. The molecule has 0 saturated carbocycles. The van der Waals surface area contributed by atoms with Crippen LogP contribution >= 0.6 is 0 Å². The van der Waals surface area contributed by atoms with Crippen LogP contribution in [0.4, 0.5) is 9.18 Å². The molecular formula is C26H23FN6O. The molecule has 7 nitrogen and oxygen atoms in total. The van der Waals surface area contributed by atoms with Gasteiger partial charge in [0.15, 0.2) is 11.6 Å². The van der Waals surface area contributed by atoms with Crippen LogP contribution in [-0.2, 0) is 6.67 Å². The van der Waals surface area contributed by atoms with Crippen molar-refractivity contribution >= 4 is 11.6 Å². The lowest BCUT2D eigenvalue weighted by Gasteiger charge is -2.27. The molecule has 2 aromatic carbocycles. The number of nitrogens with one attached hydrogen (secondary N) is 1. The van der Waals surface area contributed by atoms with Gasteiger partial charge in [0.05, 0.1) is 17.9 Å². The van der Waals surface area contributed by atoms with Gasteiger partial charge in [-0.3, -0.25) is 9.88 Å². The van der Waals surface area contributed by atoms with Crippen molar-refractivity contribution in [2.75, 3.05) is 0 Å². The Labute approximate surface area is 196 Å². The maximum Gasteiger partial charge on any atom is 0.323 e. The van der Waals surface area contributed by atoms with Gasteiger partial charge < -0.3 is 5.32 Å². The fourth-order valence-corrected chi connectivity index (χ4v) is 3.79. The smallest absolute Gasteiger partial charge is 0.323 e. The minimum absolute atomic E-state index is 0.208. The second-order valence-corrected chi connectivity index (χ2v) is 8.22. The summed E-state index contributed by atoms with van der Waals surface area (Å²) in [5, 5.41) is 7.61. The van der Waals surface area contributed by atoms with Crippen molar-refractivity contribution in [2.24, 2.45) is 0 Å². The Morgan fingerprint density at radius 1 is 1.03 bits per heavy atom. The highest BCUT2D eigenvalue weighted by Crippen LogP contribution is 2.29. The first kappa shape index (κ1) is 21.5. The van der Waals surface area contributed by atoms with Gasteiger partial charge in [-0.25, -0.2) is 18.9 Å². The minimum Gasteiger partial charge on any atom is -0.330 e. The van der Waals surface area contributed by atoms with E-state index in [0.29, 0.717) is 17.3 Å². The van der Waals surface area contributed by atoms with E-state index in [1.807, 2.05) is 61.5 Å². The average Bonchev–Trinajstić information content (AvgIpc) is 3.29. The molecule has 1 aliphatic rings. The zero-order valence-corrected chi connectivity index (χ0v) is 18.8. The average molecular weight is 455 g/mol. The van der Waals surface area contributed by atoms with Crippen LogP contribution in [0.1, 0.15) is 35.6 Å². The zero-order valence-electron chi connectivity index (χ0n) is 18.8. The quantitative estimate of drug-likeness (QED) is 0.475. The van der Waals surface area contributed by atoms with E-state index in [-0.39, 0.29) is 12.7 Å². The number of pyridine rings is 1. The number of benzene rings is 2. The van der Waals surface area contributed by atoms with E-state index < -0.39 is 11.9 Å². The molecule has 3 heterocycles. The Balaban J connectivity index is 1.47. The van der Waals surface area contributed by atoms with Crippen LogP contribution in [0.3, 0.4) is 0 Å². The molecule has 1 aliphatic heterocycles. The number of urea groups is 1. The van der Waals surface area contributed by atoms with Crippen molar-refractivity contribution in [3.05, 3.63) is 108 Å². The van der Waals surface area contributed by atoms with Crippen molar-refractivity contribution < 1.29 is 9.18 Å². The maximum atomic E-state index is 13.2. The summed E-state index contributed by atoms with van der Waals surface area (Å²) < 4.78 is 15.0. The van der Waals surface area contributed by atoms with E-state index in [1.165, 1.54) is 6.07 Å². The third-order valence-corrected chi connectivity index (χ3v) is 5.67. The molecule has 1 N–H and O–H groups in total. The second-order valence-electron chi connectivity index (χ2n) is 8.22. The van der Waals surface area contributed by atoms with E-state index in [9.17, 15) is 9.18 Å². The molecule has 0 saturated heterocycles. The molecule has 170 valence electrons. The van der Waals surface area contributed by atoms with Gasteiger partial charge in [-0.1, -0.05) is 60.2 Å². The van der Waals surface area contributed by atoms with Crippen LogP contribution in [0, 0.1) is 12.7 Å². The summed E-state index contributed by atoms with van der Waals surface area (Å²) in [4.78, 5) is 23.6. The van der Waals surface area contributed by atoms with E-state index in [0.717, 1.165) is 28.5 Å². The summed E-state index contributed by atoms with van der Waals surface area (Å²) in [7, 11) is 0. The molecule has 1 atom stereocenters. The van der Waals surface area contributed by atoms with Crippen molar-refractivity contribution in [3.63, 3.8) is 0 Å². The van der Waals surface area contributed by atoms with Crippen LogP contribution in [0.5, 0.6) is 0 Å². The highest BCUT2D eigenvalue weighted by atomic mass is 19.1. The molecule has 0 radical (unpaired) electrons. The molecule has 0 spiro atoms. The number of amides is 2. The molecule has 5 rings (SSSR count). The van der Waals surface area contributed by atoms with Crippen molar-refractivity contribution in [1.82, 2.24) is 30.0 Å². The van der Waals surface area contributed by atoms with Crippen LogP contribution in [0.15, 0.2) is 79.1 Å². The number of carbonyl (C=O) groups is 1. The zero-order chi connectivity index (χ0) is 23.7. The molecule has 1 unspecified atom stereocenters. The predicted octanol–water partition coefficient (Wildman–Crippen LogP) is 4.92. The molecule has 2 aromatic heterocycles. The summed E-state index contributed by atoms with van der Waals surface area (Å²) in [5.74, 6) is 0.872. The normalized spacial score (nSPS) is 13.7. The Kier molecular flexibility index (Phi) is 5.63. The summed E-state index contributed by atoms with van der Waals surface area (Å²) >= 11 is 0. The van der Waals surface area contributed by atoms with Crippen molar-refractivity contribution in [3.8, 4) is 11.4 Å². The highest BCUT2D eigenvalue weighted by Gasteiger charge is 2.27. The third kappa shape index (κ3) is 4.30. The predicted molar refractivity (Wildman–Crippen MR) is 127 cm³/mol. The van der Waals surface area contributed by atoms with Crippen LogP contribution in [0.2, 0.25) is 0 Å². The van der Waals surface area contributed by atoms with Gasteiger partial charge in [0.25, 0.3) is 0 Å². The molecule has 0 fully saturated rings. The molecule has 34 heavy (non-hydrogen) atoms. The number of aryl methyl sites for hydroxylation is 1. The van der Waals surface area contributed by atoms with Crippen LogP contribution < -0.4 is 5.32 Å². The van der Waals surface area contributed by atoms with E-state index >= 15 is 0 Å². The number of hydrogen-bond acceptors (Lipinski definition) is 4. The van der Waals surface area contributed by atoms with Gasteiger partial charge in [0, 0.05) is 17.3 Å². The lowest BCUT2D eigenvalue weighted by Crippen LogP contribution is -2.41. The minimum atomic E-state index is -0.420. The van der Waals surface area contributed by atoms with Crippen molar-refractivity contribution in [2.45, 2.75) is 26.6 Å².